The summed E-state index contributed by atoms with van der Waals surface area (Å²) in [5.41, 5.74) is 1.76. The van der Waals surface area contributed by atoms with Crippen LogP contribution in [0.2, 0.25) is 0 Å². The Labute approximate surface area is 191 Å². The van der Waals surface area contributed by atoms with Gasteiger partial charge in [0.2, 0.25) is 0 Å². The van der Waals surface area contributed by atoms with Crippen molar-refractivity contribution in [3.8, 4) is 0 Å². The highest BCUT2D eigenvalue weighted by molar-refractivity contribution is 5.99. The summed E-state index contributed by atoms with van der Waals surface area (Å²) in [5, 5.41) is 3.38. The molecule has 1 heterocycles. The fraction of sp³-hybridized carbons (Fsp3) is 0.741. The van der Waals surface area contributed by atoms with E-state index in [1.807, 2.05) is 43.3 Å². The number of anilines is 1. The summed E-state index contributed by atoms with van der Waals surface area (Å²) >= 11 is 0. The molecule has 1 aliphatic rings. The summed E-state index contributed by atoms with van der Waals surface area (Å²) in [4.78, 5) is 17.6. The van der Waals surface area contributed by atoms with Gasteiger partial charge in [-0.1, -0.05) is 83.3 Å². The second-order valence-corrected chi connectivity index (χ2v) is 9.56. The molecule has 4 nitrogen and oxygen atoms in total. The lowest BCUT2D eigenvalue weighted by Crippen LogP contribution is -2.43. The molecule has 1 aliphatic heterocycles. The molecule has 1 fully saturated rings. The van der Waals surface area contributed by atoms with Gasteiger partial charge in [0.1, 0.15) is 0 Å². The van der Waals surface area contributed by atoms with Crippen LogP contribution in [0.25, 0.3) is 0 Å². The lowest BCUT2D eigenvalue weighted by Gasteiger charge is -2.25. The molecule has 176 valence electrons. The van der Waals surface area contributed by atoms with Gasteiger partial charge in [-0.25, -0.2) is 0 Å². The highest BCUT2D eigenvalue weighted by Crippen LogP contribution is 2.19. The Bertz CT molecular complexity index is 610. The largest absolute Gasteiger partial charge is 0.377 e. The summed E-state index contributed by atoms with van der Waals surface area (Å²) in [5.74, 6) is 0.0700. The molecule has 1 aromatic rings. The summed E-state index contributed by atoms with van der Waals surface area (Å²) in [7, 11) is 4.00. The van der Waals surface area contributed by atoms with Crippen molar-refractivity contribution in [3.63, 3.8) is 0 Å². The van der Waals surface area contributed by atoms with Crippen molar-refractivity contribution >= 4 is 11.6 Å². The second kappa shape index (κ2) is 15.3. The molecule has 0 saturated carbocycles. The monoisotopic (exact) mass is 429 g/mol. The molecule has 0 bridgehead atoms. The minimum absolute atomic E-state index is 0.0700. The van der Waals surface area contributed by atoms with Crippen LogP contribution in [0.15, 0.2) is 24.3 Å². The Hall–Kier alpha value is -1.55. The predicted molar refractivity (Wildman–Crippen MR) is 134 cm³/mol. The van der Waals surface area contributed by atoms with E-state index in [1.165, 1.54) is 90.1 Å². The number of rotatable bonds is 16. The minimum Gasteiger partial charge on any atom is -0.377 e. The normalized spacial score (nSPS) is 15.2. The van der Waals surface area contributed by atoms with E-state index in [9.17, 15) is 4.79 Å². The van der Waals surface area contributed by atoms with Crippen LogP contribution in [0.5, 0.6) is 0 Å². The zero-order valence-corrected chi connectivity index (χ0v) is 20.5. The number of nitrogens with zero attached hydrogens (tertiary/aromatic N) is 2. The van der Waals surface area contributed by atoms with Crippen LogP contribution >= 0.6 is 0 Å². The van der Waals surface area contributed by atoms with Gasteiger partial charge in [-0.3, -0.25) is 4.79 Å². The predicted octanol–water partition coefficient (Wildman–Crippen LogP) is 6.26. The maximum Gasteiger partial charge on any atom is 0.253 e. The van der Waals surface area contributed by atoms with E-state index in [2.05, 4.69) is 17.1 Å². The smallest absolute Gasteiger partial charge is 0.253 e. The Balaban J connectivity index is 1.76. The first-order chi connectivity index (χ1) is 15.1. The van der Waals surface area contributed by atoms with Crippen LogP contribution in [0.1, 0.15) is 101 Å². The maximum atomic E-state index is 13.1. The van der Waals surface area contributed by atoms with E-state index in [0.29, 0.717) is 0 Å². The molecular weight excluding hydrogens is 382 g/mol. The fourth-order valence-corrected chi connectivity index (χ4v) is 4.68. The van der Waals surface area contributed by atoms with E-state index < -0.39 is 0 Å². The average Bonchev–Trinajstić information content (AvgIpc) is 3.28. The van der Waals surface area contributed by atoms with Gasteiger partial charge in [-0.15, -0.1) is 0 Å². The molecule has 1 aromatic carbocycles. The van der Waals surface area contributed by atoms with Gasteiger partial charge >= 0.3 is 0 Å². The zero-order chi connectivity index (χ0) is 22.3. The molecule has 1 unspecified atom stereocenters. The average molecular weight is 430 g/mol. The molecule has 0 radical (unpaired) electrons. The van der Waals surface area contributed by atoms with Gasteiger partial charge in [0.15, 0.2) is 0 Å². The molecule has 31 heavy (non-hydrogen) atoms. The number of carbonyl (C=O) groups is 1. The third-order valence-electron chi connectivity index (χ3n) is 6.55. The Morgan fingerprint density at radius 2 is 1.52 bits per heavy atom. The number of hydrogen-bond acceptors (Lipinski definition) is 3. The maximum absolute atomic E-state index is 13.1. The number of carbonyl (C=O) groups excluding carboxylic acids is 1. The quantitative estimate of drug-likeness (QED) is 0.315. The van der Waals surface area contributed by atoms with Gasteiger partial charge in [0.25, 0.3) is 5.91 Å². The first kappa shape index (κ1) is 25.7. The Morgan fingerprint density at radius 1 is 0.935 bits per heavy atom. The van der Waals surface area contributed by atoms with Crippen molar-refractivity contribution in [2.24, 2.45) is 0 Å². The van der Waals surface area contributed by atoms with E-state index in [0.717, 1.165) is 24.2 Å². The number of likely N-dealkylation sites (tertiary alicyclic amines) is 1. The summed E-state index contributed by atoms with van der Waals surface area (Å²) in [6, 6.07) is 8.16. The van der Waals surface area contributed by atoms with Gasteiger partial charge < -0.3 is 15.1 Å². The van der Waals surface area contributed by atoms with Gasteiger partial charge in [0, 0.05) is 32.4 Å². The van der Waals surface area contributed by atoms with Crippen molar-refractivity contribution in [1.29, 1.82) is 0 Å². The number of benzene rings is 1. The van der Waals surface area contributed by atoms with Crippen LogP contribution in [-0.4, -0.2) is 50.6 Å². The molecule has 0 aliphatic carbocycles. The highest BCUT2D eigenvalue weighted by atomic mass is 16.1. The lowest BCUT2D eigenvalue weighted by atomic mass is 10.0. The number of para-hydroxylation sites is 1. The first-order valence-electron chi connectivity index (χ1n) is 12.9. The molecular formula is C27H47N3O. The van der Waals surface area contributed by atoms with E-state index in [4.69, 9.17) is 0 Å². The van der Waals surface area contributed by atoms with Crippen LogP contribution in [0.3, 0.4) is 0 Å². The lowest BCUT2D eigenvalue weighted by molar-refractivity contribution is 0.0924. The summed E-state index contributed by atoms with van der Waals surface area (Å²) in [6.45, 7) is 5.63. The first-order valence-corrected chi connectivity index (χ1v) is 12.9. The Kier molecular flexibility index (Phi) is 12.7. The molecule has 0 aromatic heterocycles. The fourth-order valence-electron chi connectivity index (χ4n) is 4.68. The molecule has 4 heteroatoms. The van der Waals surface area contributed by atoms with Gasteiger partial charge in [-0.2, -0.15) is 0 Å². The van der Waals surface area contributed by atoms with Crippen molar-refractivity contribution in [2.45, 2.75) is 96.4 Å². The van der Waals surface area contributed by atoms with Crippen molar-refractivity contribution in [1.82, 2.24) is 10.2 Å². The van der Waals surface area contributed by atoms with Crippen molar-refractivity contribution in [3.05, 3.63) is 29.8 Å². The molecule has 1 N–H and O–H groups in total. The van der Waals surface area contributed by atoms with Gasteiger partial charge in [0.05, 0.1) is 5.56 Å². The Morgan fingerprint density at radius 3 is 2.13 bits per heavy atom. The third kappa shape index (κ3) is 10.1. The number of unbranched alkanes of at least 4 members (excludes halogenated alkanes) is 9. The van der Waals surface area contributed by atoms with Gasteiger partial charge in [-0.05, 0) is 44.5 Å². The van der Waals surface area contributed by atoms with Crippen LogP contribution in [0, 0.1) is 0 Å². The summed E-state index contributed by atoms with van der Waals surface area (Å²) < 4.78 is 0. The number of nitrogens with one attached hydrogen (secondary N) is 1. The van der Waals surface area contributed by atoms with E-state index >= 15 is 0 Å². The molecule has 0 spiro atoms. The minimum atomic E-state index is 0.0700. The number of hydrogen-bond donors (Lipinski definition) is 1. The molecule has 2 rings (SSSR count). The van der Waals surface area contributed by atoms with Crippen LogP contribution < -0.4 is 10.2 Å². The van der Waals surface area contributed by atoms with Crippen LogP contribution in [0.4, 0.5) is 5.69 Å². The van der Waals surface area contributed by atoms with E-state index in [1.54, 1.807) is 0 Å². The SMILES string of the molecule is CCCCCCCCCCCCC(CN1CCCC1)NC(=O)c1ccccc1N(C)C. The highest BCUT2D eigenvalue weighted by Gasteiger charge is 2.21. The zero-order valence-electron chi connectivity index (χ0n) is 20.5. The topological polar surface area (TPSA) is 35.6 Å². The standard InChI is InChI=1S/C27H47N3O/c1-4-5-6-7-8-9-10-11-12-13-18-24(23-30-21-16-17-22-30)28-27(31)25-19-14-15-20-26(25)29(2)3/h14-15,19-20,24H,4-13,16-18,21-23H2,1-3H3,(H,28,31). The number of amides is 1. The molecule has 1 amide bonds. The van der Waals surface area contributed by atoms with Crippen molar-refractivity contribution < 1.29 is 4.79 Å². The summed E-state index contributed by atoms with van der Waals surface area (Å²) in [6.07, 6.45) is 17.2. The molecule has 1 saturated heterocycles. The van der Waals surface area contributed by atoms with E-state index in [-0.39, 0.29) is 11.9 Å². The van der Waals surface area contributed by atoms with Crippen molar-refractivity contribution in [2.75, 3.05) is 38.6 Å². The third-order valence-corrected chi connectivity index (χ3v) is 6.55. The molecule has 1 atom stereocenters. The second-order valence-electron chi connectivity index (χ2n) is 9.56. The van der Waals surface area contributed by atoms with Crippen LogP contribution in [-0.2, 0) is 0 Å².